The average Bonchev–Trinajstić information content (AvgIpc) is 2.95. The Labute approximate surface area is 93.9 Å². The average molecular weight is 229 g/mol. The van der Waals surface area contributed by atoms with Crippen LogP contribution in [0.1, 0.15) is 24.8 Å². The van der Waals surface area contributed by atoms with E-state index in [1.165, 1.54) is 31.0 Å². The fourth-order valence-corrected chi connectivity index (χ4v) is 1.97. The summed E-state index contributed by atoms with van der Waals surface area (Å²) in [4.78, 5) is 0. The van der Waals surface area contributed by atoms with Gasteiger partial charge in [0.05, 0.1) is 6.10 Å². The van der Waals surface area contributed by atoms with E-state index in [1.54, 1.807) is 0 Å². The maximum atomic E-state index is 12.9. The molecule has 1 aliphatic carbocycles. The molecule has 1 N–H and O–H groups in total. The van der Waals surface area contributed by atoms with Gasteiger partial charge < -0.3 is 5.11 Å². The van der Waals surface area contributed by atoms with Crippen LogP contribution in [0.2, 0.25) is 5.02 Å². The zero-order valence-electron chi connectivity index (χ0n) is 8.42. The van der Waals surface area contributed by atoms with Crippen LogP contribution >= 0.6 is 11.6 Å². The number of hydrogen-bond acceptors (Lipinski definition) is 1. The van der Waals surface area contributed by atoms with Crippen LogP contribution < -0.4 is 0 Å². The Morgan fingerprint density at radius 2 is 2.20 bits per heavy atom. The van der Waals surface area contributed by atoms with Crippen LogP contribution in [0.3, 0.4) is 0 Å². The van der Waals surface area contributed by atoms with Gasteiger partial charge in [0.1, 0.15) is 5.82 Å². The van der Waals surface area contributed by atoms with Gasteiger partial charge in [-0.3, -0.25) is 0 Å². The van der Waals surface area contributed by atoms with Crippen molar-refractivity contribution < 1.29 is 9.50 Å². The molecule has 82 valence electrons. The molecule has 1 aromatic carbocycles. The maximum Gasteiger partial charge on any atom is 0.123 e. The van der Waals surface area contributed by atoms with Crippen LogP contribution in [-0.2, 0) is 6.42 Å². The van der Waals surface area contributed by atoms with Crippen LogP contribution in [0.15, 0.2) is 18.2 Å². The fraction of sp³-hybridized carbons (Fsp3) is 0.500. The Balaban J connectivity index is 1.98. The molecular formula is C12H14ClFO. The molecule has 1 saturated carbocycles. The number of benzene rings is 1. The SMILES string of the molecule is OC(Cc1cc(F)ccc1Cl)CC1CC1. The minimum Gasteiger partial charge on any atom is -0.393 e. The molecule has 1 fully saturated rings. The Kier molecular flexibility index (Phi) is 3.27. The molecule has 1 nitrogen and oxygen atoms in total. The molecule has 0 amide bonds. The smallest absolute Gasteiger partial charge is 0.123 e. The minimum absolute atomic E-state index is 0.298. The summed E-state index contributed by atoms with van der Waals surface area (Å²) in [5.41, 5.74) is 0.699. The monoisotopic (exact) mass is 228 g/mol. The van der Waals surface area contributed by atoms with Crippen molar-refractivity contribution in [3.63, 3.8) is 0 Å². The van der Waals surface area contributed by atoms with E-state index in [4.69, 9.17) is 11.6 Å². The van der Waals surface area contributed by atoms with Crippen molar-refractivity contribution in [1.82, 2.24) is 0 Å². The Morgan fingerprint density at radius 1 is 1.47 bits per heavy atom. The molecule has 1 atom stereocenters. The zero-order valence-corrected chi connectivity index (χ0v) is 9.17. The van der Waals surface area contributed by atoms with Gasteiger partial charge in [0.2, 0.25) is 0 Å². The van der Waals surface area contributed by atoms with E-state index in [-0.39, 0.29) is 5.82 Å². The lowest BCUT2D eigenvalue weighted by Crippen LogP contribution is -2.11. The number of hydrogen-bond donors (Lipinski definition) is 1. The molecule has 0 aromatic heterocycles. The van der Waals surface area contributed by atoms with E-state index >= 15 is 0 Å². The van der Waals surface area contributed by atoms with Gasteiger partial charge in [-0.2, -0.15) is 0 Å². The number of rotatable bonds is 4. The van der Waals surface area contributed by atoms with Gasteiger partial charge in [0.15, 0.2) is 0 Å². The lowest BCUT2D eigenvalue weighted by Gasteiger charge is -2.11. The highest BCUT2D eigenvalue weighted by atomic mass is 35.5. The molecule has 0 bridgehead atoms. The third-order valence-corrected chi connectivity index (χ3v) is 3.13. The first-order valence-electron chi connectivity index (χ1n) is 5.27. The van der Waals surface area contributed by atoms with Crippen molar-refractivity contribution in [2.75, 3.05) is 0 Å². The van der Waals surface area contributed by atoms with E-state index in [0.29, 0.717) is 22.9 Å². The van der Waals surface area contributed by atoms with Gasteiger partial charge in [-0.25, -0.2) is 4.39 Å². The van der Waals surface area contributed by atoms with Crippen LogP contribution in [0.25, 0.3) is 0 Å². The Morgan fingerprint density at radius 3 is 2.87 bits per heavy atom. The van der Waals surface area contributed by atoms with Crippen molar-refractivity contribution in [1.29, 1.82) is 0 Å². The van der Waals surface area contributed by atoms with E-state index in [0.717, 1.165) is 6.42 Å². The molecule has 15 heavy (non-hydrogen) atoms. The molecule has 3 heteroatoms. The molecule has 0 spiro atoms. The highest BCUT2D eigenvalue weighted by Crippen LogP contribution is 2.34. The number of halogens is 2. The topological polar surface area (TPSA) is 20.2 Å². The fourth-order valence-electron chi connectivity index (χ4n) is 1.78. The lowest BCUT2D eigenvalue weighted by atomic mass is 10.0. The summed E-state index contributed by atoms with van der Waals surface area (Å²) >= 11 is 5.91. The zero-order chi connectivity index (χ0) is 10.8. The minimum atomic E-state index is -0.392. The lowest BCUT2D eigenvalue weighted by molar-refractivity contribution is 0.158. The molecular weight excluding hydrogens is 215 g/mol. The van der Waals surface area contributed by atoms with E-state index in [2.05, 4.69) is 0 Å². The Bertz CT molecular complexity index is 349. The van der Waals surface area contributed by atoms with Crippen LogP contribution in [-0.4, -0.2) is 11.2 Å². The standard InChI is InChI=1S/C12H14ClFO/c13-12-4-3-10(14)6-9(12)7-11(15)5-8-1-2-8/h3-4,6,8,11,15H,1-2,5,7H2. The molecule has 1 aromatic rings. The van der Waals surface area contributed by atoms with Crippen molar-refractivity contribution in [3.8, 4) is 0 Å². The van der Waals surface area contributed by atoms with E-state index < -0.39 is 6.10 Å². The first kappa shape index (κ1) is 10.9. The summed E-state index contributed by atoms with van der Waals surface area (Å²) in [7, 11) is 0. The summed E-state index contributed by atoms with van der Waals surface area (Å²) in [6.45, 7) is 0. The molecule has 0 radical (unpaired) electrons. The highest BCUT2D eigenvalue weighted by molar-refractivity contribution is 6.31. The van der Waals surface area contributed by atoms with Gasteiger partial charge in [-0.05, 0) is 42.5 Å². The predicted octanol–water partition coefficient (Wildman–Crippen LogP) is 3.18. The first-order valence-corrected chi connectivity index (χ1v) is 5.65. The normalized spacial score (nSPS) is 17.8. The van der Waals surface area contributed by atoms with Crippen LogP contribution in [0, 0.1) is 11.7 Å². The molecule has 0 saturated heterocycles. The van der Waals surface area contributed by atoms with Gasteiger partial charge >= 0.3 is 0 Å². The summed E-state index contributed by atoms with van der Waals surface area (Å²) < 4.78 is 12.9. The second-order valence-corrected chi connectivity index (χ2v) is 4.68. The van der Waals surface area contributed by atoms with Crippen molar-refractivity contribution in [2.45, 2.75) is 31.8 Å². The third-order valence-electron chi connectivity index (χ3n) is 2.77. The number of aliphatic hydroxyl groups excluding tert-OH is 1. The van der Waals surface area contributed by atoms with Crippen LogP contribution in [0.5, 0.6) is 0 Å². The van der Waals surface area contributed by atoms with Crippen molar-refractivity contribution >= 4 is 11.6 Å². The largest absolute Gasteiger partial charge is 0.393 e. The summed E-state index contributed by atoms with van der Waals surface area (Å²) in [5, 5.41) is 10.3. The van der Waals surface area contributed by atoms with Crippen molar-refractivity contribution in [3.05, 3.63) is 34.6 Å². The van der Waals surface area contributed by atoms with Gasteiger partial charge in [-0.15, -0.1) is 0 Å². The second kappa shape index (κ2) is 4.50. The highest BCUT2D eigenvalue weighted by Gasteiger charge is 2.24. The predicted molar refractivity (Wildman–Crippen MR) is 58.5 cm³/mol. The molecule has 0 aliphatic heterocycles. The van der Waals surface area contributed by atoms with Crippen molar-refractivity contribution in [2.24, 2.45) is 5.92 Å². The first-order chi connectivity index (χ1) is 7.15. The summed E-state index contributed by atoms with van der Waals surface area (Å²) in [6, 6.07) is 4.27. The third kappa shape index (κ3) is 3.18. The molecule has 1 aliphatic rings. The second-order valence-electron chi connectivity index (χ2n) is 4.27. The van der Waals surface area contributed by atoms with Gasteiger partial charge in [0, 0.05) is 5.02 Å². The molecule has 2 rings (SSSR count). The van der Waals surface area contributed by atoms with Crippen LogP contribution in [0.4, 0.5) is 4.39 Å². The summed E-state index contributed by atoms with van der Waals surface area (Å²) in [5.74, 6) is 0.375. The van der Waals surface area contributed by atoms with E-state index in [1.807, 2.05) is 0 Å². The Hall–Kier alpha value is -0.600. The van der Waals surface area contributed by atoms with Gasteiger partial charge in [0.25, 0.3) is 0 Å². The quantitative estimate of drug-likeness (QED) is 0.839. The van der Waals surface area contributed by atoms with E-state index in [9.17, 15) is 9.50 Å². The molecule has 0 heterocycles. The van der Waals surface area contributed by atoms with Gasteiger partial charge in [-0.1, -0.05) is 24.4 Å². The molecule has 1 unspecified atom stereocenters. The maximum absolute atomic E-state index is 12.9. The number of aliphatic hydroxyl groups is 1. The summed E-state index contributed by atoms with van der Waals surface area (Å²) in [6.07, 6.45) is 3.30.